The van der Waals surface area contributed by atoms with Gasteiger partial charge in [0.1, 0.15) is 6.04 Å². The molecule has 0 saturated heterocycles. The lowest BCUT2D eigenvalue weighted by Crippen LogP contribution is -2.40. The first-order valence-corrected chi connectivity index (χ1v) is 7.19. The molecule has 2 unspecified atom stereocenters. The maximum absolute atomic E-state index is 10.9. The molecule has 2 atom stereocenters. The Hall–Kier alpha value is -0.440. The van der Waals surface area contributed by atoms with Gasteiger partial charge in [-0.2, -0.15) is 4.91 Å². The summed E-state index contributed by atoms with van der Waals surface area (Å²) in [4.78, 5) is 10.9. The second kappa shape index (κ2) is 9.58. The molecule has 0 spiro atoms. The van der Waals surface area contributed by atoms with Gasteiger partial charge in [0.25, 0.3) is 0 Å². The van der Waals surface area contributed by atoms with Gasteiger partial charge in [-0.25, -0.2) is 0 Å². The molecule has 0 amide bonds. The van der Waals surface area contributed by atoms with Gasteiger partial charge in [0.2, 0.25) is 0 Å². The predicted molar refractivity (Wildman–Crippen MR) is 73.1 cm³/mol. The summed E-state index contributed by atoms with van der Waals surface area (Å²) in [6, 6.07) is -0.422. The van der Waals surface area contributed by atoms with Crippen LogP contribution in [0.25, 0.3) is 0 Å². The molecule has 0 aliphatic heterocycles. The average Bonchev–Trinajstić information content (AvgIpc) is 2.35. The highest BCUT2D eigenvalue weighted by molar-refractivity contribution is 4.90. The summed E-state index contributed by atoms with van der Waals surface area (Å²) in [5.74, 6) is 0. The Bertz CT molecular complexity index is 197. The van der Waals surface area contributed by atoms with Crippen molar-refractivity contribution in [2.24, 2.45) is 5.18 Å². The zero-order valence-electron chi connectivity index (χ0n) is 11.7. The molecule has 0 aromatic rings. The maximum atomic E-state index is 10.9. The van der Waals surface area contributed by atoms with E-state index in [0.29, 0.717) is 12.8 Å². The molecule has 0 saturated carbocycles. The second-order valence-corrected chi connectivity index (χ2v) is 5.03. The number of nitroso groups, excluding NO2 is 1. The molecule has 0 bridgehead atoms. The van der Waals surface area contributed by atoms with E-state index in [1.165, 1.54) is 12.8 Å². The Balaban J connectivity index is 4.23. The van der Waals surface area contributed by atoms with E-state index in [9.17, 15) is 10.0 Å². The molecule has 0 rings (SSSR count). The van der Waals surface area contributed by atoms with E-state index in [-0.39, 0.29) is 0 Å². The van der Waals surface area contributed by atoms with Crippen LogP contribution in [0.2, 0.25) is 0 Å². The lowest BCUT2D eigenvalue weighted by Gasteiger charge is -2.31. The number of hydrogen-bond donors (Lipinski definition) is 1. The molecule has 0 aromatic carbocycles. The highest BCUT2D eigenvalue weighted by atomic mass is 16.3. The first kappa shape index (κ1) is 16.6. The lowest BCUT2D eigenvalue weighted by molar-refractivity contribution is -0.00289. The smallest absolute Gasteiger partial charge is 0.120 e. The SMILES string of the molecule is CCCCCCC(O)(CC)C(CCCC)N=O. The van der Waals surface area contributed by atoms with Crippen LogP contribution >= 0.6 is 0 Å². The van der Waals surface area contributed by atoms with Crippen molar-refractivity contribution >= 4 is 0 Å². The van der Waals surface area contributed by atoms with Crippen LogP contribution in [0.5, 0.6) is 0 Å². The van der Waals surface area contributed by atoms with Crippen LogP contribution in [0.1, 0.15) is 78.6 Å². The Morgan fingerprint density at radius 2 is 1.71 bits per heavy atom. The normalized spacial score (nSPS) is 16.5. The van der Waals surface area contributed by atoms with Crippen LogP contribution in [0.15, 0.2) is 5.18 Å². The summed E-state index contributed by atoms with van der Waals surface area (Å²) in [7, 11) is 0. The summed E-state index contributed by atoms with van der Waals surface area (Å²) in [6.07, 6.45) is 8.59. The Kier molecular flexibility index (Phi) is 9.33. The third kappa shape index (κ3) is 6.16. The number of nitrogens with zero attached hydrogens (tertiary/aromatic N) is 1. The number of rotatable bonds is 11. The standard InChI is InChI=1S/C14H29NO2/c1-4-7-9-10-12-14(16,6-3)13(15-17)11-8-5-2/h13,16H,4-12H2,1-3H3. The van der Waals surface area contributed by atoms with E-state index >= 15 is 0 Å². The van der Waals surface area contributed by atoms with Crippen molar-refractivity contribution in [1.82, 2.24) is 0 Å². The third-order valence-electron chi connectivity index (χ3n) is 3.65. The van der Waals surface area contributed by atoms with E-state index in [1.807, 2.05) is 6.92 Å². The van der Waals surface area contributed by atoms with Crippen LogP contribution in [0.4, 0.5) is 0 Å². The lowest BCUT2D eigenvalue weighted by atomic mass is 9.84. The molecule has 0 aromatic heterocycles. The van der Waals surface area contributed by atoms with Crippen molar-refractivity contribution in [1.29, 1.82) is 0 Å². The monoisotopic (exact) mass is 243 g/mol. The Morgan fingerprint density at radius 1 is 1.06 bits per heavy atom. The first-order valence-electron chi connectivity index (χ1n) is 7.19. The highest BCUT2D eigenvalue weighted by Gasteiger charge is 2.35. The minimum absolute atomic E-state index is 0.422. The van der Waals surface area contributed by atoms with Crippen molar-refractivity contribution in [2.45, 2.75) is 90.2 Å². The molecule has 3 heteroatoms. The van der Waals surface area contributed by atoms with Crippen molar-refractivity contribution in [2.75, 3.05) is 0 Å². The second-order valence-electron chi connectivity index (χ2n) is 5.03. The first-order chi connectivity index (χ1) is 8.14. The molecule has 0 heterocycles. The molecular formula is C14H29NO2. The Labute approximate surface area is 106 Å². The van der Waals surface area contributed by atoms with Crippen molar-refractivity contribution in [3.8, 4) is 0 Å². The zero-order chi connectivity index (χ0) is 13.1. The summed E-state index contributed by atoms with van der Waals surface area (Å²) in [5, 5.41) is 13.7. The van der Waals surface area contributed by atoms with Gasteiger partial charge in [0.05, 0.1) is 5.60 Å². The predicted octanol–water partition coefficient (Wildman–Crippen LogP) is 4.42. The fraction of sp³-hybridized carbons (Fsp3) is 1.00. The zero-order valence-corrected chi connectivity index (χ0v) is 11.7. The fourth-order valence-corrected chi connectivity index (χ4v) is 2.25. The van der Waals surface area contributed by atoms with Crippen LogP contribution in [0.3, 0.4) is 0 Å². The van der Waals surface area contributed by atoms with Gasteiger partial charge >= 0.3 is 0 Å². The highest BCUT2D eigenvalue weighted by Crippen LogP contribution is 2.28. The van der Waals surface area contributed by atoms with E-state index in [2.05, 4.69) is 19.0 Å². The van der Waals surface area contributed by atoms with Gasteiger partial charge in [0, 0.05) is 0 Å². The minimum atomic E-state index is -0.870. The molecule has 17 heavy (non-hydrogen) atoms. The Morgan fingerprint density at radius 3 is 2.18 bits per heavy atom. The summed E-state index contributed by atoms with van der Waals surface area (Å²) in [5.41, 5.74) is -0.870. The van der Waals surface area contributed by atoms with E-state index in [1.54, 1.807) is 0 Å². The summed E-state index contributed by atoms with van der Waals surface area (Å²) < 4.78 is 0. The van der Waals surface area contributed by atoms with Gasteiger partial charge in [-0.05, 0) is 19.3 Å². The molecule has 102 valence electrons. The van der Waals surface area contributed by atoms with Gasteiger partial charge in [-0.1, -0.05) is 64.5 Å². The van der Waals surface area contributed by atoms with E-state index in [0.717, 1.165) is 32.1 Å². The van der Waals surface area contributed by atoms with Gasteiger partial charge in [-0.15, -0.1) is 0 Å². The molecular weight excluding hydrogens is 214 g/mol. The molecule has 0 radical (unpaired) electrons. The largest absolute Gasteiger partial charge is 0.388 e. The molecule has 0 aliphatic rings. The number of hydrogen-bond acceptors (Lipinski definition) is 3. The van der Waals surface area contributed by atoms with Crippen molar-refractivity contribution in [3.05, 3.63) is 4.91 Å². The van der Waals surface area contributed by atoms with Gasteiger partial charge < -0.3 is 5.11 Å². The topological polar surface area (TPSA) is 49.7 Å². The van der Waals surface area contributed by atoms with E-state index < -0.39 is 11.6 Å². The fourth-order valence-electron chi connectivity index (χ4n) is 2.25. The van der Waals surface area contributed by atoms with Crippen LogP contribution in [-0.2, 0) is 0 Å². The van der Waals surface area contributed by atoms with Crippen LogP contribution in [0, 0.1) is 4.91 Å². The van der Waals surface area contributed by atoms with Crippen LogP contribution in [-0.4, -0.2) is 16.7 Å². The molecule has 0 aliphatic carbocycles. The third-order valence-corrected chi connectivity index (χ3v) is 3.65. The maximum Gasteiger partial charge on any atom is 0.120 e. The average molecular weight is 243 g/mol. The number of unbranched alkanes of at least 4 members (excludes halogenated alkanes) is 4. The van der Waals surface area contributed by atoms with Gasteiger partial charge in [0.15, 0.2) is 0 Å². The minimum Gasteiger partial charge on any atom is -0.388 e. The summed E-state index contributed by atoms with van der Waals surface area (Å²) in [6.45, 7) is 6.21. The molecule has 3 nitrogen and oxygen atoms in total. The van der Waals surface area contributed by atoms with E-state index in [4.69, 9.17) is 0 Å². The van der Waals surface area contributed by atoms with Crippen molar-refractivity contribution < 1.29 is 5.11 Å². The van der Waals surface area contributed by atoms with Gasteiger partial charge in [-0.3, -0.25) is 0 Å². The quantitative estimate of drug-likeness (QED) is 0.431. The van der Waals surface area contributed by atoms with Crippen LogP contribution < -0.4 is 0 Å². The van der Waals surface area contributed by atoms with Crippen molar-refractivity contribution in [3.63, 3.8) is 0 Å². The molecule has 0 fully saturated rings. The summed E-state index contributed by atoms with van der Waals surface area (Å²) >= 11 is 0. The number of aliphatic hydroxyl groups is 1. The molecule has 1 N–H and O–H groups in total.